The highest BCUT2D eigenvalue weighted by Crippen LogP contribution is 2.39. The lowest BCUT2D eigenvalue weighted by atomic mass is 9.93. The van der Waals surface area contributed by atoms with Crippen molar-refractivity contribution < 1.29 is 0 Å². The molecule has 0 radical (unpaired) electrons. The van der Waals surface area contributed by atoms with Crippen LogP contribution in [0, 0.1) is 13.8 Å². The third kappa shape index (κ3) is 8.45. The Bertz CT molecular complexity index is 1860. The number of allylic oxidation sites excluding steroid dienone is 7. The lowest BCUT2D eigenvalue weighted by Gasteiger charge is -2.28. The van der Waals surface area contributed by atoms with Crippen molar-refractivity contribution in [1.82, 2.24) is 0 Å². The minimum Gasteiger partial charge on any atom is -0.311 e. The summed E-state index contributed by atoms with van der Waals surface area (Å²) in [5.41, 5.74) is 14.0. The van der Waals surface area contributed by atoms with E-state index < -0.39 is 0 Å². The normalized spacial score (nSPS) is 13.8. The van der Waals surface area contributed by atoms with Gasteiger partial charge < -0.3 is 4.90 Å². The van der Waals surface area contributed by atoms with Crippen LogP contribution in [0.25, 0.3) is 34.4 Å². The number of para-hydroxylation sites is 1. The van der Waals surface area contributed by atoms with Crippen molar-refractivity contribution in [3.8, 4) is 22.3 Å². The van der Waals surface area contributed by atoms with Crippen LogP contribution in [0.4, 0.5) is 11.4 Å². The third-order valence-electron chi connectivity index (χ3n) is 8.20. The standard InChI is InChI=1S/C44H41N.C2H6/c1-6-8-20-38-30-27-36(21-15-18-33(3)35(5)41(38)17-7-2)37-28-31-39(32-29-37)42-25-16-26-44-43(42)24-14-9-11-19-34(4)45(44)40-22-12-10-13-23-40;1-2/h6-23,25-32H,1,4,24H2,2-3,5H3;1-2H3/b14-9-,17-7-,18-15?,19-11-,20-8-,21-15?,30-27?,33-18?,35-33?,36-21?,36-27?,38-30?,41-35?,41-38?;. The molecule has 1 heterocycles. The van der Waals surface area contributed by atoms with Crippen molar-refractivity contribution in [1.29, 1.82) is 0 Å². The summed E-state index contributed by atoms with van der Waals surface area (Å²) < 4.78 is 0. The molecule has 0 aromatic heterocycles. The Hall–Kier alpha value is -5.40. The smallest absolute Gasteiger partial charge is 0.0502 e. The zero-order chi connectivity index (χ0) is 33.6. The summed E-state index contributed by atoms with van der Waals surface area (Å²) in [5, 5.41) is 0. The zero-order valence-corrected chi connectivity index (χ0v) is 28.6. The summed E-state index contributed by atoms with van der Waals surface area (Å²) in [7, 11) is 0. The number of hydrogen-bond donors (Lipinski definition) is 0. The van der Waals surface area contributed by atoms with Gasteiger partial charge in [-0.3, -0.25) is 0 Å². The number of anilines is 2. The van der Waals surface area contributed by atoms with Gasteiger partial charge in [-0.15, -0.1) is 0 Å². The SMILES string of the molecule is C=C/C=C\c1ccc(-c2ccc(-c3cccc4c3C/C=C\C=C/C(=C)N4c3ccccc3)cc2)cccc(C)c(C)c1/C=C\C.CC. The first-order chi connectivity index (χ1) is 23.0. The van der Waals surface area contributed by atoms with Gasteiger partial charge in [0.25, 0.3) is 0 Å². The number of rotatable bonds is 6. The predicted octanol–water partition coefficient (Wildman–Crippen LogP) is 13.3. The molecular formula is C46H47N. The maximum Gasteiger partial charge on any atom is 0.0502 e. The summed E-state index contributed by atoms with van der Waals surface area (Å²) >= 11 is 0. The molecule has 0 saturated carbocycles. The van der Waals surface area contributed by atoms with E-state index in [1.165, 1.54) is 33.4 Å². The van der Waals surface area contributed by atoms with Crippen LogP contribution >= 0.6 is 0 Å². The first kappa shape index (κ1) is 34.5. The van der Waals surface area contributed by atoms with Crippen LogP contribution in [0.2, 0.25) is 0 Å². The Kier molecular flexibility index (Phi) is 12.7. The van der Waals surface area contributed by atoms with Gasteiger partial charge in [0.2, 0.25) is 0 Å². The highest BCUT2D eigenvalue weighted by atomic mass is 15.1. The second-order valence-corrected chi connectivity index (χ2v) is 11.1. The average Bonchev–Trinajstić information content (AvgIpc) is 3.19. The fourth-order valence-corrected chi connectivity index (χ4v) is 5.73. The zero-order valence-electron chi connectivity index (χ0n) is 28.6. The highest BCUT2D eigenvalue weighted by molar-refractivity contribution is 5.82. The van der Waals surface area contributed by atoms with Gasteiger partial charge >= 0.3 is 0 Å². The number of benzene rings is 3. The molecule has 0 saturated heterocycles. The second kappa shape index (κ2) is 17.3. The minimum absolute atomic E-state index is 0.820. The quantitative estimate of drug-likeness (QED) is 0.196. The first-order valence-electron chi connectivity index (χ1n) is 16.5. The largest absolute Gasteiger partial charge is 0.311 e. The topological polar surface area (TPSA) is 3.24 Å². The maximum atomic E-state index is 4.42. The Balaban J connectivity index is 0.00000245. The third-order valence-corrected chi connectivity index (χ3v) is 8.20. The molecule has 5 rings (SSSR count). The molecule has 0 fully saturated rings. The maximum absolute atomic E-state index is 4.42. The van der Waals surface area contributed by atoms with Crippen LogP contribution < -0.4 is 4.90 Å². The van der Waals surface area contributed by atoms with Crippen molar-refractivity contribution in [3.05, 3.63) is 192 Å². The van der Waals surface area contributed by atoms with Crippen LogP contribution in [-0.4, -0.2) is 0 Å². The van der Waals surface area contributed by atoms with E-state index in [-0.39, 0.29) is 0 Å². The number of hydrogen-bond acceptors (Lipinski definition) is 1. The summed E-state index contributed by atoms with van der Waals surface area (Å²) in [6.45, 7) is 18.7. The monoisotopic (exact) mass is 613 g/mol. The minimum atomic E-state index is 0.820. The fraction of sp³-hybridized carbons (Fsp3) is 0.130. The van der Waals surface area contributed by atoms with Gasteiger partial charge in [0.15, 0.2) is 0 Å². The molecule has 0 unspecified atom stereocenters. The first-order valence-corrected chi connectivity index (χ1v) is 16.5. The van der Waals surface area contributed by atoms with Crippen LogP contribution in [0.1, 0.15) is 48.6 Å². The molecule has 1 aliphatic heterocycles. The molecule has 4 aromatic carbocycles. The molecule has 47 heavy (non-hydrogen) atoms. The highest BCUT2D eigenvalue weighted by Gasteiger charge is 2.18. The Labute approximate surface area is 283 Å². The van der Waals surface area contributed by atoms with Gasteiger partial charge in [0.1, 0.15) is 0 Å². The van der Waals surface area contributed by atoms with Gasteiger partial charge in [-0.05, 0) is 102 Å². The molecule has 0 amide bonds. The van der Waals surface area contributed by atoms with Gasteiger partial charge in [0, 0.05) is 11.4 Å². The Morgan fingerprint density at radius 2 is 1.38 bits per heavy atom. The van der Waals surface area contributed by atoms with Gasteiger partial charge in [-0.1, -0.05) is 161 Å². The molecule has 1 aliphatic rings. The summed E-state index contributed by atoms with van der Waals surface area (Å²) in [5.74, 6) is 0. The lowest BCUT2D eigenvalue weighted by molar-refractivity contribution is 1.17. The summed E-state index contributed by atoms with van der Waals surface area (Å²) in [6.07, 6.45) is 19.5. The van der Waals surface area contributed by atoms with Gasteiger partial charge in [-0.25, -0.2) is 0 Å². The van der Waals surface area contributed by atoms with Crippen molar-refractivity contribution in [2.45, 2.75) is 41.0 Å². The summed E-state index contributed by atoms with van der Waals surface area (Å²) in [6, 6.07) is 37.0. The molecular weight excluding hydrogens is 567 g/mol. The molecule has 0 aliphatic carbocycles. The van der Waals surface area contributed by atoms with Crippen molar-refractivity contribution in [2.24, 2.45) is 0 Å². The van der Waals surface area contributed by atoms with E-state index in [1.807, 2.05) is 32.1 Å². The van der Waals surface area contributed by atoms with E-state index in [4.69, 9.17) is 0 Å². The number of aryl methyl sites for hydroxylation is 1. The fourth-order valence-electron chi connectivity index (χ4n) is 5.73. The van der Waals surface area contributed by atoms with Crippen LogP contribution in [0.3, 0.4) is 0 Å². The molecule has 0 bridgehead atoms. The summed E-state index contributed by atoms with van der Waals surface area (Å²) in [4.78, 5) is 2.25. The number of nitrogens with zero attached hydrogens (tertiary/aromatic N) is 1. The van der Waals surface area contributed by atoms with E-state index in [0.717, 1.165) is 40.2 Å². The van der Waals surface area contributed by atoms with E-state index in [2.05, 4.69) is 178 Å². The molecule has 1 heteroatoms. The van der Waals surface area contributed by atoms with Crippen LogP contribution in [0.15, 0.2) is 165 Å². The van der Waals surface area contributed by atoms with E-state index >= 15 is 0 Å². The molecule has 0 spiro atoms. The number of fused-ring (bicyclic) bond motifs is 1. The van der Waals surface area contributed by atoms with Crippen molar-refractivity contribution >= 4 is 23.5 Å². The van der Waals surface area contributed by atoms with Gasteiger partial charge in [-0.2, -0.15) is 0 Å². The average molecular weight is 614 g/mol. The van der Waals surface area contributed by atoms with E-state index in [0.29, 0.717) is 0 Å². The van der Waals surface area contributed by atoms with E-state index in [9.17, 15) is 0 Å². The Morgan fingerprint density at radius 1 is 0.702 bits per heavy atom. The molecule has 0 atom stereocenters. The van der Waals surface area contributed by atoms with E-state index in [1.54, 1.807) is 0 Å². The van der Waals surface area contributed by atoms with Gasteiger partial charge in [0.05, 0.1) is 5.69 Å². The Morgan fingerprint density at radius 3 is 2.11 bits per heavy atom. The predicted molar refractivity (Wildman–Crippen MR) is 209 cm³/mol. The van der Waals surface area contributed by atoms with Crippen LogP contribution in [0.5, 0.6) is 0 Å². The molecule has 0 N–H and O–H groups in total. The lowest BCUT2D eigenvalue weighted by Crippen LogP contribution is -2.16. The molecule has 1 nitrogen and oxygen atoms in total. The van der Waals surface area contributed by atoms with Crippen molar-refractivity contribution in [2.75, 3.05) is 4.90 Å². The van der Waals surface area contributed by atoms with Crippen molar-refractivity contribution in [3.63, 3.8) is 0 Å². The molecule has 236 valence electrons. The molecule has 4 aromatic rings. The van der Waals surface area contributed by atoms with Crippen LogP contribution in [-0.2, 0) is 6.42 Å². The second-order valence-electron chi connectivity index (χ2n) is 11.1.